The van der Waals surface area contributed by atoms with E-state index in [2.05, 4.69) is 148 Å². The minimum absolute atomic E-state index is 0.110. The zero-order valence-electron chi connectivity index (χ0n) is 61.4. The van der Waals surface area contributed by atoms with Crippen LogP contribution in [0.25, 0.3) is 63.8 Å². The lowest BCUT2D eigenvalue weighted by Crippen LogP contribution is -2.35. The predicted molar refractivity (Wildman–Crippen MR) is 436 cm³/mol. The number of fused-ring (bicyclic) bond motifs is 8. The van der Waals surface area contributed by atoms with E-state index >= 15 is 0 Å². The fourth-order valence-electron chi connectivity index (χ4n) is 13.0. The summed E-state index contributed by atoms with van der Waals surface area (Å²) in [5, 5.41) is 28.1. The van der Waals surface area contributed by atoms with Gasteiger partial charge in [-0.2, -0.15) is 5.10 Å². The molecular weight excluding hydrogens is 1430 g/mol. The van der Waals surface area contributed by atoms with Crippen LogP contribution in [0.4, 0.5) is 34.8 Å². The Bertz CT molecular complexity index is 5510. The minimum Gasteiger partial charge on any atom is -0.497 e. The van der Waals surface area contributed by atoms with Gasteiger partial charge < -0.3 is 54.8 Å². The normalized spacial score (nSPS) is 13.2. The Morgan fingerprint density at radius 1 is 0.633 bits per heavy atom. The van der Waals surface area contributed by atoms with Crippen LogP contribution in [0.1, 0.15) is 72.2 Å². The lowest BCUT2D eigenvalue weighted by Gasteiger charge is -2.27. The van der Waals surface area contributed by atoms with E-state index in [9.17, 15) is 4.79 Å². The van der Waals surface area contributed by atoms with Gasteiger partial charge in [0.25, 0.3) is 0 Å². The number of morpholine rings is 1. The van der Waals surface area contributed by atoms with Crippen LogP contribution in [0, 0.1) is 0 Å². The van der Waals surface area contributed by atoms with Crippen LogP contribution in [0.2, 0.25) is 0 Å². The highest BCUT2D eigenvalue weighted by atomic mass is 32.1. The third-order valence-electron chi connectivity index (χ3n) is 18.8. The molecule has 5 N–H and O–H groups in total. The van der Waals surface area contributed by atoms with Gasteiger partial charge >= 0.3 is 0 Å². The Kier molecular flexibility index (Phi) is 24.8. The molecule has 1 amide bonds. The van der Waals surface area contributed by atoms with E-state index in [0.717, 1.165) is 175 Å². The van der Waals surface area contributed by atoms with Gasteiger partial charge in [-0.25, -0.2) is 49.8 Å². The molecule has 12 heterocycles. The maximum Gasteiger partial charge on any atom is 0.243 e. The van der Waals surface area contributed by atoms with Gasteiger partial charge in [-0.05, 0) is 131 Å². The highest BCUT2D eigenvalue weighted by molar-refractivity contribution is 7.19. The van der Waals surface area contributed by atoms with Crippen LogP contribution < -0.4 is 45.7 Å². The number of carbonyl (C=O) groups excluding carboxylic acids is 1. The van der Waals surface area contributed by atoms with Crippen LogP contribution in [-0.4, -0.2) is 137 Å². The molecule has 0 atom stereocenters. The molecule has 0 bridgehead atoms. The smallest absolute Gasteiger partial charge is 0.243 e. The molecule has 3 aliphatic rings. The molecule has 25 nitrogen and oxygen atoms in total. The summed E-state index contributed by atoms with van der Waals surface area (Å²) >= 11 is 5.09. The quantitative estimate of drug-likeness (QED) is 0.0447. The lowest BCUT2D eigenvalue weighted by atomic mass is 10.1. The van der Waals surface area contributed by atoms with Crippen molar-refractivity contribution in [2.24, 2.45) is 7.05 Å². The summed E-state index contributed by atoms with van der Waals surface area (Å²) in [7, 11) is 5.36. The number of nitrogens with one attached hydrogen (secondary N) is 5. The molecule has 1 aliphatic carbocycles. The van der Waals surface area contributed by atoms with Crippen LogP contribution in [0.5, 0.6) is 17.2 Å². The summed E-state index contributed by atoms with van der Waals surface area (Å²) in [6, 6.07) is 45.0. The van der Waals surface area contributed by atoms with E-state index in [1.165, 1.54) is 59.0 Å². The maximum absolute atomic E-state index is 12.5. The number of carbonyl (C=O) groups is 1. The molecule has 2 fully saturated rings. The summed E-state index contributed by atoms with van der Waals surface area (Å²) in [6.45, 7) is 11.6. The first-order chi connectivity index (χ1) is 53.6. The fraction of sp³-hybridized carbons (Fsp3) is 0.284. The number of ether oxygens (including phenoxy) is 4. The monoisotopic (exact) mass is 1520 g/mol. The van der Waals surface area contributed by atoms with Crippen molar-refractivity contribution in [3.8, 4) is 17.2 Å². The number of hydrogen-bond donors (Lipinski definition) is 5. The van der Waals surface area contributed by atoms with E-state index in [4.69, 9.17) is 23.4 Å². The second-order valence-electron chi connectivity index (χ2n) is 26.0. The van der Waals surface area contributed by atoms with Crippen molar-refractivity contribution in [1.29, 1.82) is 0 Å². The Balaban J connectivity index is 0.000000115. The summed E-state index contributed by atoms with van der Waals surface area (Å²) in [5.41, 5.74) is 11.9. The first kappa shape index (κ1) is 74.3. The van der Waals surface area contributed by atoms with Crippen molar-refractivity contribution in [3.05, 3.63) is 215 Å². The van der Waals surface area contributed by atoms with Gasteiger partial charge in [0.2, 0.25) is 12.7 Å². The van der Waals surface area contributed by atoms with Crippen molar-refractivity contribution in [2.45, 2.75) is 84.5 Å². The van der Waals surface area contributed by atoms with E-state index < -0.39 is 0 Å². The number of hydrogen-bond acceptors (Lipinski definition) is 26. The fourth-order valence-corrected chi connectivity index (χ4v) is 15.6. The number of rotatable bonds is 21. The zero-order chi connectivity index (χ0) is 74.7. The van der Waals surface area contributed by atoms with Gasteiger partial charge in [-0.15, -0.1) is 34.0 Å². The second kappa shape index (κ2) is 36.4. The molecular formula is C81H85N19O6S3. The minimum atomic E-state index is -0.110. The number of methoxy groups -OCH3 is 1. The highest BCUT2D eigenvalue weighted by Gasteiger charge is 2.21. The average molecular weight is 1520 g/mol. The second-order valence-corrected chi connectivity index (χ2v) is 29.0. The Morgan fingerprint density at radius 2 is 1.30 bits per heavy atom. The zero-order valence-corrected chi connectivity index (χ0v) is 63.8. The molecule has 15 aromatic rings. The van der Waals surface area contributed by atoms with Gasteiger partial charge in [0.15, 0.2) is 28.5 Å². The molecule has 0 spiro atoms. The Morgan fingerprint density at radius 3 is 2.06 bits per heavy atom. The number of nitrogens with zero attached hydrogens (tertiary/aromatic N) is 14. The number of para-hydroxylation sites is 2. The van der Waals surface area contributed by atoms with Gasteiger partial charge in [0, 0.05) is 75.4 Å². The van der Waals surface area contributed by atoms with Crippen LogP contribution in [0.3, 0.4) is 0 Å². The van der Waals surface area contributed by atoms with Gasteiger partial charge in [-0.3, -0.25) is 14.4 Å². The van der Waals surface area contributed by atoms with Crippen molar-refractivity contribution in [3.63, 3.8) is 0 Å². The summed E-state index contributed by atoms with van der Waals surface area (Å²) < 4.78 is 31.1. The molecule has 1 saturated carbocycles. The number of amides is 1. The first-order valence-corrected chi connectivity index (χ1v) is 39.0. The highest BCUT2D eigenvalue weighted by Crippen LogP contribution is 2.36. The first-order valence-electron chi connectivity index (χ1n) is 36.4. The number of aryl methyl sites for hydroxylation is 3. The van der Waals surface area contributed by atoms with Crippen LogP contribution >= 0.6 is 34.0 Å². The molecule has 109 heavy (non-hydrogen) atoms. The average Bonchev–Trinajstić information content (AvgIpc) is 1.63. The Labute approximate surface area is 642 Å². The maximum atomic E-state index is 12.5. The molecule has 0 unspecified atom stereocenters. The number of thiophene rings is 3. The van der Waals surface area contributed by atoms with Crippen LogP contribution in [-0.2, 0) is 55.5 Å². The SMILES string of the molecule is CCc1cc2c(NC3CCCC3)ncnc2s1.CCc1ccccc1NC(=O)CN(C)c1ncnc2c1oc1ccccc12.COc1ccc(CCNc2ncnc3c2cnn3C)cc1.c1ccc(CN2CCOCC2)c(CNc2ncnc3ccsc23)c1.c1nc(NCc2ccc3c(c2)OCO3)c2sccc2n1. The largest absolute Gasteiger partial charge is 0.497 e. The third kappa shape index (κ3) is 18.7. The van der Waals surface area contributed by atoms with Gasteiger partial charge in [0.1, 0.15) is 76.6 Å². The molecule has 558 valence electrons. The lowest BCUT2D eigenvalue weighted by molar-refractivity contribution is -0.114. The number of likely N-dealkylation sites (N-methyl/N-ethyl adjacent to an activating group) is 1. The number of furan rings is 1. The molecule has 0 radical (unpaired) electrons. The van der Waals surface area contributed by atoms with E-state index in [1.54, 1.807) is 82.2 Å². The third-order valence-corrected chi connectivity index (χ3v) is 21.8. The van der Waals surface area contributed by atoms with E-state index in [-0.39, 0.29) is 12.5 Å². The summed E-state index contributed by atoms with van der Waals surface area (Å²) in [4.78, 5) is 62.4. The molecule has 18 rings (SSSR count). The topological polar surface area (TPSA) is 280 Å². The van der Waals surface area contributed by atoms with E-state index in [0.29, 0.717) is 30.8 Å². The van der Waals surface area contributed by atoms with Crippen LogP contribution in [0.15, 0.2) is 186 Å². The molecule has 28 heteroatoms. The van der Waals surface area contributed by atoms with Crippen molar-refractivity contribution >= 4 is 138 Å². The molecule has 5 aromatic carbocycles. The Hall–Kier alpha value is -11.6. The number of anilines is 6. The molecule has 1 saturated heterocycles. The number of benzene rings is 5. The van der Waals surface area contributed by atoms with Gasteiger partial charge in [-0.1, -0.05) is 99.5 Å². The summed E-state index contributed by atoms with van der Waals surface area (Å²) in [5.74, 6) is 6.58. The van der Waals surface area contributed by atoms with Gasteiger partial charge in [0.05, 0.1) is 64.3 Å². The standard InChI is InChI=1S/C21H20N4O2.C18H20N4OS.C15H17N5O.C14H11N3O2S.C13H17N3S/c1-3-14-8-4-6-10-16(14)24-18(26)12-25(2)21-20-19(22-13-23-21)15-9-5-7-11-17(15)27-20;1-2-4-15(12-22-6-8-23-9-7-22)14(3-1)11-19-18-17-16(5-10-24-17)20-13-21-18;1-20-15-13(9-19-20)14(17-10-18-15)16-8-7-11-3-5-12(21-2)6-4-11;1-2-11-12(19-8-18-11)5-9(1)6-15-14-13-10(3-4-20-13)16-7-17-14;1-2-10-7-11-12(14-8-15-13(11)17-10)16-9-5-3-4-6-9/h4-11,13H,3,12H2,1-2H3,(H,24,26);1-5,10,13H,6-9,11-12H2,(H,19,20,21);3-6,9-10H,7-8H2,1-2H3,(H,16,17,18);1-5,7H,6,8H2,(H,15,16,17);7-9H,2-6H2,1H3,(H,14,15,16). The van der Waals surface area contributed by atoms with Crippen molar-refractivity contribution in [2.75, 3.05) is 91.8 Å². The van der Waals surface area contributed by atoms with E-state index in [1.807, 2.05) is 110 Å². The van der Waals surface area contributed by atoms with Crippen molar-refractivity contribution < 1.29 is 28.2 Å². The van der Waals surface area contributed by atoms with Crippen molar-refractivity contribution in [1.82, 2.24) is 64.5 Å². The molecule has 10 aromatic heterocycles. The number of aromatic nitrogens is 12. The summed E-state index contributed by atoms with van der Waals surface area (Å²) in [6.07, 6.45) is 17.8. The molecule has 2 aliphatic heterocycles. The predicted octanol–water partition coefficient (Wildman–Crippen LogP) is 15.8.